The number of hydrogen-bond acceptors (Lipinski definition) is 5. The van der Waals surface area contributed by atoms with Gasteiger partial charge in [-0.2, -0.15) is 18.3 Å². The minimum absolute atomic E-state index is 0.111. The van der Waals surface area contributed by atoms with Gasteiger partial charge >= 0.3 is 12.1 Å². The highest BCUT2D eigenvalue weighted by atomic mass is 19.4. The quantitative estimate of drug-likeness (QED) is 0.650. The summed E-state index contributed by atoms with van der Waals surface area (Å²) in [7, 11) is 2.44. The van der Waals surface area contributed by atoms with Crippen LogP contribution < -0.4 is 5.73 Å². The van der Waals surface area contributed by atoms with Gasteiger partial charge in [0.2, 0.25) is 0 Å². The SMILES string of the molecule is COCCCn1nc(C(F)(F)F)c(C(=O)OC)c1N. The molecule has 0 bridgehead atoms. The largest absolute Gasteiger partial charge is 0.465 e. The third-order valence-electron chi connectivity index (χ3n) is 2.37. The molecule has 2 N–H and O–H groups in total. The van der Waals surface area contributed by atoms with Crippen LogP contribution >= 0.6 is 0 Å². The number of hydrogen-bond donors (Lipinski definition) is 1. The molecule has 1 aromatic heterocycles. The van der Waals surface area contributed by atoms with Crippen molar-refractivity contribution < 1.29 is 27.4 Å². The number of ether oxygens (including phenoxy) is 2. The molecule has 1 heterocycles. The monoisotopic (exact) mass is 281 g/mol. The fourth-order valence-corrected chi connectivity index (χ4v) is 1.51. The zero-order valence-electron chi connectivity index (χ0n) is 10.5. The number of halogens is 3. The van der Waals surface area contributed by atoms with E-state index in [0.29, 0.717) is 13.0 Å². The molecule has 0 unspecified atom stereocenters. The summed E-state index contributed by atoms with van der Waals surface area (Å²) in [6.07, 6.45) is -4.36. The molecule has 0 saturated carbocycles. The Kier molecular flexibility index (Phi) is 4.76. The third kappa shape index (κ3) is 3.37. The molecule has 6 nitrogen and oxygen atoms in total. The number of nitrogen functional groups attached to an aromatic ring is 1. The van der Waals surface area contributed by atoms with Crippen LogP contribution in [0, 0.1) is 0 Å². The highest BCUT2D eigenvalue weighted by molar-refractivity contribution is 5.95. The lowest BCUT2D eigenvalue weighted by Crippen LogP contribution is -2.14. The number of aryl methyl sites for hydroxylation is 1. The Morgan fingerprint density at radius 3 is 2.53 bits per heavy atom. The van der Waals surface area contributed by atoms with Crippen molar-refractivity contribution in [2.24, 2.45) is 0 Å². The van der Waals surface area contributed by atoms with Crippen LogP contribution in [0.3, 0.4) is 0 Å². The summed E-state index contributed by atoms with van der Waals surface area (Å²) in [4.78, 5) is 11.4. The topological polar surface area (TPSA) is 79.4 Å². The average Bonchev–Trinajstić information content (AvgIpc) is 2.66. The van der Waals surface area contributed by atoms with Crippen LogP contribution in [-0.4, -0.2) is 36.6 Å². The van der Waals surface area contributed by atoms with Crippen molar-refractivity contribution in [3.63, 3.8) is 0 Å². The van der Waals surface area contributed by atoms with Crippen molar-refractivity contribution in [1.82, 2.24) is 9.78 Å². The molecule has 0 aliphatic carbocycles. The molecule has 1 aromatic rings. The van der Waals surface area contributed by atoms with Gasteiger partial charge in [0.05, 0.1) is 7.11 Å². The van der Waals surface area contributed by atoms with Gasteiger partial charge < -0.3 is 15.2 Å². The zero-order valence-corrected chi connectivity index (χ0v) is 10.5. The van der Waals surface area contributed by atoms with Crippen LogP contribution in [0.5, 0.6) is 0 Å². The summed E-state index contributed by atoms with van der Waals surface area (Å²) in [6, 6.07) is 0. The summed E-state index contributed by atoms with van der Waals surface area (Å²) in [5, 5.41) is 3.33. The summed E-state index contributed by atoms with van der Waals surface area (Å²) < 4.78 is 48.3. The molecule has 0 radical (unpaired) electrons. The van der Waals surface area contributed by atoms with E-state index in [9.17, 15) is 18.0 Å². The Hall–Kier alpha value is -1.77. The second-order valence-electron chi connectivity index (χ2n) is 3.67. The number of nitrogens with two attached hydrogens (primary N) is 1. The second kappa shape index (κ2) is 5.91. The van der Waals surface area contributed by atoms with Crippen LogP contribution in [0.25, 0.3) is 0 Å². The maximum atomic E-state index is 12.8. The van der Waals surface area contributed by atoms with E-state index in [1.165, 1.54) is 7.11 Å². The summed E-state index contributed by atoms with van der Waals surface area (Å²) >= 11 is 0. The molecule has 0 aliphatic rings. The summed E-state index contributed by atoms with van der Waals surface area (Å²) in [6.45, 7) is 0.452. The van der Waals surface area contributed by atoms with Gasteiger partial charge in [-0.05, 0) is 6.42 Å². The lowest BCUT2D eigenvalue weighted by molar-refractivity contribution is -0.142. The van der Waals surface area contributed by atoms with Crippen molar-refractivity contribution in [3.8, 4) is 0 Å². The molecular formula is C10H14F3N3O3. The van der Waals surface area contributed by atoms with Gasteiger partial charge in [0.1, 0.15) is 11.4 Å². The smallest absolute Gasteiger partial charge is 0.436 e. The van der Waals surface area contributed by atoms with Gasteiger partial charge in [-0.1, -0.05) is 0 Å². The predicted octanol–water partition coefficient (Wildman–Crippen LogP) is 1.31. The molecule has 9 heteroatoms. The molecule has 0 atom stereocenters. The van der Waals surface area contributed by atoms with E-state index in [-0.39, 0.29) is 12.4 Å². The first-order valence-electron chi connectivity index (χ1n) is 5.33. The Morgan fingerprint density at radius 2 is 2.05 bits per heavy atom. The Labute approximate surface area is 107 Å². The van der Waals surface area contributed by atoms with Crippen molar-refractivity contribution >= 4 is 11.8 Å². The van der Waals surface area contributed by atoms with Crippen molar-refractivity contribution in [1.29, 1.82) is 0 Å². The summed E-state index contributed by atoms with van der Waals surface area (Å²) in [5.74, 6) is -1.53. The maximum Gasteiger partial charge on any atom is 0.436 e. The molecule has 0 fully saturated rings. The first-order chi connectivity index (χ1) is 8.82. The number of alkyl halides is 3. The molecule has 19 heavy (non-hydrogen) atoms. The van der Waals surface area contributed by atoms with Crippen LogP contribution in [-0.2, 0) is 22.2 Å². The number of carbonyl (C=O) groups excluding carboxylic acids is 1. The van der Waals surface area contributed by atoms with E-state index >= 15 is 0 Å². The Bertz CT molecular complexity index is 457. The molecule has 0 amide bonds. The first kappa shape index (κ1) is 15.3. The van der Waals surface area contributed by atoms with Crippen LogP contribution in [0.2, 0.25) is 0 Å². The van der Waals surface area contributed by atoms with Crippen LogP contribution in [0.1, 0.15) is 22.5 Å². The number of nitrogens with zero attached hydrogens (tertiary/aromatic N) is 2. The van der Waals surface area contributed by atoms with E-state index in [1.807, 2.05) is 0 Å². The Balaban J connectivity index is 3.16. The van der Waals surface area contributed by atoms with E-state index in [2.05, 4.69) is 9.84 Å². The van der Waals surface area contributed by atoms with Gasteiger partial charge in [-0.15, -0.1) is 0 Å². The average molecular weight is 281 g/mol. The fourth-order valence-electron chi connectivity index (χ4n) is 1.51. The standard InChI is InChI=1S/C10H14F3N3O3/c1-18-5-3-4-16-8(14)6(9(17)19-2)7(15-16)10(11,12)13/h3-5,14H2,1-2H3. The Morgan fingerprint density at radius 1 is 1.42 bits per heavy atom. The molecule has 108 valence electrons. The molecule has 0 saturated heterocycles. The fraction of sp³-hybridized carbons (Fsp3) is 0.600. The second-order valence-corrected chi connectivity index (χ2v) is 3.67. The van der Waals surface area contributed by atoms with Gasteiger partial charge in [0.15, 0.2) is 5.69 Å². The molecule has 0 aliphatic heterocycles. The van der Waals surface area contributed by atoms with E-state index in [4.69, 9.17) is 10.5 Å². The highest BCUT2D eigenvalue weighted by Crippen LogP contribution is 2.34. The number of carbonyl (C=O) groups is 1. The minimum atomic E-state index is -4.77. The van der Waals surface area contributed by atoms with Gasteiger partial charge in [0.25, 0.3) is 0 Å². The maximum absolute atomic E-state index is 12.8. The van der Waals surface area contributed by atoms with Gasteiger partial charge in [-0.3, -0.25) is 0 Å². The van der Waals surface area contributed by atoms with Crippen LogP contribution in [0.4, 0.5) is 19.0 Å². The number of methoxy groups -OCH3 is 2. The van der Waals surface area contributed by atoms with E-state index in [1.54, 1.807) is 0 Å². The van der Waals surface area contributed by atoms with Gasteiger partial charge in [0, 0.05) is 20.3 Å². The molecular weight excluding hydrogens is 267 g/mol. The first-order valence-corrected chi connectivity index (χ1v) is 5.33. The number of rotatable bonds is 5. The highest BCUT2D eigenvalue weighted by Gasteiger charge is 2.41. The number of anilines is 1. The predicted molar refractivity (Wildman–Crippen MR) is 59.5 cm³/mol. The lowest BCUT2D eigenvalue weighted by Gasteiger charge is -2.04. The van der Waals surface area contributed by atoms with Crippen molar-refractivity contribution in [3.05, 3.63) is 11.3 Å². The third-order valence-corrected chi connectivity index (χ3v) is 2.37. The normalized spacial score (nSPS) is 11.6. The van der Waals surface area contributed by atoms with Gasteiger partial charge in [-0.25, -0.2) is 9.48 Å². The van der Waals surface area contributed by atoms with Crippen molar-refractivity contribution in [2.75, 3.05) is 26.6 Å². The molecule has 0 spiro atoms. The summed E-state index contributed by atoms with van der Waals surface area (Å²) in [5.41, 5.74) is 3.42. The van der Waals surface area contributed by atoms with Crippen molar-refractivity contribution in [2.45, 2.75) is 19.1 Å². The lowest BCUT2D eigenvalue weighted by atomic mass is 10.2. The minimum Gasteiger partial charge on any atom is -0.465 e. The number of aromatic nitrogens is 2. The van der Waals surface area contributed by atoms with E-state index in [0.717, 1.165) is 11.8 Å². The number of esters is 1. The van der Waals surface area contributed by atoms with E-state index < -0.39 is 23.4 Å². The van der Waals surface area contributed by atoms with Crippen LogP contribution in [0.15, 0.2) is 0 Å². The zero-order chi connectivity index (χ0) is 14.6. The molecule has 1 rings (SSSR count). The molecule has 0 aromatic carbocycles.